The first-order valence-corrected chi connectivity index (χ1v) is 2.84. The van der Waals surface area contributed by atoms with Gasteiger partial charge in [-0.3, -0.25) is 4.79 Å². The highest BCUT2D eigenvalue weighted by Crippen LogP contribution is 1.92. The lowest BCUT2D eigenvalue weighted by atomic mass is 10.2. The third kappa shape index (κ3) is 3.91. The molecule has 60 valence electrons. The molecule has 0 heterocycles. The van der Waals surface area contributed by atoms with E-state index in [1.54, 1.807) is 0 Å². The molecule has 0 aliphatic rings. The fraction of sp³-hybridized carbons (Fsp3) is 0.143. The molecule has 0 aromatic rings. The molecule has 11 heavy (non-hydrogen) atoms. The third-order valence-electron chi connectivity index (χ3n) is 0.912. The number of rotatable bonds is 3. The molecule has 0 aliphatic carbocycles. The number of allylic oxidation sites excluding steroid dienone is 2. The van der Waals surface area contributed by atoms with Gasteiger partial charge >= 0.3 is 5.97 Å². The average molecular weight is 156 g/mol. The largest absolute Gasteiger partial charge is 0.515 e. The number of carboxylic acids is 1. The molecular formula is C7H8O4. The Morgan fingerprint density at radius 2 is 1.82 bits per heavy atom. The quantitative estimate of drug-likeness (QED) is 0.272. The number of hydrogen-bond donors (Lipinski definition) is 2. The molecule has 0 rings (SSSR count). The predicted octanol–water partition coefficient (Wildman–Crippen LogP) is 0.658. The van der Waals surface area contributed by atoms with E-state index in [0.717, 1.165) is 12.3 Å². The van der Waals surface area contributed by atoms with E-state index in [1.165, 1.54) is 13.0 Å². The van der Waals surface area contributed by atoms with Crippen molar-refractivity contribution in [3.8, 4) is 0 Å². The van der Waals surface area contributed by atoms with Gasteiger partial charge in [-0.2, -0.15) is 0 Å². The van der Waals surface area contributed by atoms with Gasteiger partial charge in [0.25, 0.3) is 5.78 Å². The van der Waals surface area contributed by atoms with Crippen LogP contribution in [-0.4, -0.2) is 22.0 Å². The Labute approximate surface area is 63.5 Å². The van der Waals surface area contributed by atoms with E-state index in [1.807, 2.05) is 0 Å². The first-order valence-electron chi connectivity index (χ1n) is 2.84. The van der Waals surface area contributed by atoms with Gasteiger partial charge in [-0.05, 0) is 18.6 Å². The summed E-state index contributed by atoms with van der Waals surface area (Å²) in [6, 6.07) is 0. The lowest BCUT2D eigenvalue weighted by Crippen LogP contribution is -2.08. The summed E-state index contributed by atoms with van der Waals surface area (Å²) >= 11 is 0. The lowest BCUT2D eigenvalue weighted by molar-refractivity contribution is -0.146. The molecule has 4 heteroatoms. The number of carbonyl (C=O) groups is 2. The van der Waals surface area contributed by atoms with Gasteiger partial charge in [0.1, 0.15) is 0 Å². The topological polar surface area (TPSA) is 74.6 Å². The number of hydrogen-bond acceptors (Lipinski definition) is 3. The molecule has 0 saturated heterocycles. The van der Waals surface area contributed by atoms with Crippen LogP contribution in [0.1, 0.15) is 6.92 Å². The summed E-state index contributed by atoms with van der Waals surface area (Å²) in [5.41, 5.74) is 0.416. The van der Waals surface area contributed by atoms with Crippen molar-refractivity contribution >= 4 is 11.8 Å². The molecule has 0 unspecified atom stereocenters. The molecule has 4 nitrogen and oxygen atoms in total. The molecule has 0 atom stereocenters. The molecule has 2 N–H and O–H groups in total. The fourth-order valence-corrected chi connectivity index (χ4v) is 0.321. The van der Waals surface area contributed by atoms with Gasteiger partial charge in [0.15, 0.2) is 0 Å². The monoisotopic (exact) mass is 156 g/mol. The zero-order chi connectivity index (χ0) is 8.85. The van der Waals surface area contributed by atoms with Crippen molar-refractivity contribution in [2.75, 3.05) is 0 Å². The van der Waals surface area contributed by atoms with Gasteiger partial charge in [0.2, 0.25) is 0 Å². The standard InChI is InChI=1S/C7H8O4/c1-5(4-8)2-3-6(9)7(10)11/h2-4,8H,1H3,(H,10,11). The SMILES string of the molecule is CC(C=CC(=O)C(=O)O)=CO. The summed E-state index contributed by atoms with van der Waals surface area (Å²) in [6.45, 7) is 1.53. The minimum Gasteiger partial charge on any atom is -0.515 e. The van der Waals surface area contributed by atoms with Crippen LogP contribution in [-0.2, 0) is 9.59 Å². The highest BCUT2D eigenvalue weighted by molar-refractivity contribution is 6.37. The van der Waals surface area contributed by atoms with Gasteiger partial charge in [-0.15, -0.1) is 0 Å². The van der Waals surface area contributed by atoms with Crippen LogP contribution >= 0.6 is 0 Å². The van der Waals surface area contributed by atoms with Crippen LogP contribution in [0.3, 0.4) is 0 Å². The van der Waals surface area contributed by atoms with E-state index < -0.39 is 11.8 Å². The van der Waals surface area contributed by atoms with Crippen molar-refractivity contribution in [2.45, 2.75) is 6.92 Å². The molecule has 0 saturated carbocycles. The average Bonchev–Trinajstić information content (AvgIpc) is 1.99. The number of aliphatic hydroxyl groups excluding tert-OH is 1. The van der Waals surface area contributed by atoms with E-state index in [2.05, 4.69) is 0 Å². The Kier molecular flexibility index (Phi) is 3.66. The van der Waals surface area contributed by atoms with Gasteiger partial charge in [-0.1, -0.05) is 6.08 Å². The summed E-state index contributed by atoms with van der Waals surface area (Å²) in [5, 5.41) is 16.4. The Balaban J connectivity index is 4.15. The second-order valence-corrected chi connectivity index (χ2v) is 1.88. The molecule has 0 bridgehead atoms. The Hall–Kier alpha value is -1.58. The van der Waals surface area contributed by atoms with Crippen molar-refractivity contribution in [1.29, 1.82) is 0 Å². The second kappa shape index (κ2) is 4.27. The minimum atomic E-state index is -1.51. The van der Waals surface area contributed by atoms with Crippen LogP contribution in [0.2, 0.25) is 0 Å². The maximum atomic E-state index is 10.4. The molecule has 0 spiro atoms. The smallest absolute Gasteiger partial charge is 0.376 e. The number of ketones is 1. The first kappa shape index (κ1) is 9.42. The second-order valence-electron chi connectivity index (χ2n) is 1.88. The van der Waals surface area contributed by atoms with E-state index in [4.69, 9.17) is 10.2 Å². The van der Waals surface area contributed by atoms with Gasteiger partial charge < -0.3 is 10.2 Å². The molecule has 0 aromatic carbocycles. The van der Waals surface area contributed by atoms with Crippen LogP contribution in [0.5, 0.6) is 0 Å². The zero-order valence-electron chi connectivity index (χ0n) is 5.94. The van der Waals surface area contributed by atoms with E-state index in [9.17, 15) is 9.59 Å². The number of aliphatic carboxylic acids is 1. The number of carboxylic acid groups (broad SMARTS) is 1. The highest BCUT2D eigenvalue weighted by Gasteiger charge is 2.04. The maximum Gasteiger partial charge on any atom is 0.376 e. The van der Waals surface area contributed by atoms with Crippen molar-refractivity contribution in [1.82, 2.24) is 0 Å². The summed E-state index contributed by atoms with van der Waals surface area (Å²) in [7, 11) is 0. The van der Waals surface area contributed by atoms with Gasteiger partial charge in [0.05, 0.1) is 6.26 Å². The van der Waals surface area contributed by atoms with Crippen LogP contribution < -0.4 is 0 Å². The zero-order valence-corrected chi connectivity index (χ0v) is 5.94. The van der Waals surface area contributed by atoms with E-state index >= 15 is 0 Å². The number of aliphatic hydroxyl groups is 1. The van der Waals surface area contributed by atoms with Crippen LogP contribution in [0.15, 0.2) is 24.0 Å². The molecular weight excluding hydrogens is 148 g/mol. The van der Waals surface area contributed by atoms with Crippen LogP contribution in [0, 0.1) is 0 Å². The molecule has 0 aromatic heterocycles. The summed E-state index contributed by atoms with van der Waals surface area (Å²) < 4.78 is 0. The summed E-state index contributed by atoms with van der Waals surface area (Å²) in [6.07, 6.45) is 2.88. The predicted molar refractivity (Wildman–Crippen MR) is 38.2 cm³/mol. The summed E-state index contributed by atoms with van der Waals surface area (Å²) in [5.74, 6) is -2.52. The van der Waals surface area contributed by atoms with Crippen molar-refractivity contribution in [3.05, 3.63) is 24.0 Å². The third-order valence-corrected chi connectivity index (χ3v) is 0.912. The fourth-order valence-electron chi connectivity index (χ4n) is 0.321. The Bertz CT molecular complexity index is 225. The number of carbonyl (C=O) groups excluding carboxylic acids is 1. The minimum absolute atomic E-state index is 0.416. The van der Waals surface area contributed by atoms with E-state index in [0.29, 0.717) is 5.57 Å². The Morgan fingerprint density at radius 1 is 1.27 bits per heavy atom. The molecule has 0 radical (unpaired) electrons. The van der Waals surface area contributed by atoms with Crippen LogP contribution in [0.4, 0.5) is 0 Å². The van der Waals surface area contributed by atoms with Crippen molar-refractivity contribution in [3.63, 3.8) is 0 Å². The highest BCUT2D eigenvalue weighted by atomic mass is 16.4. The van der Waals surface area contributed by atoms with Crippen LogP contribution in [0.25, 0.3) is 0 Å². The first-order chi connectivity index (χ1) is 5.07. The van der Waals surface area contributed by atoms with Crippen molar-refractivity contribution in [2.24, 2.45) is 0 Å². The maximum absolute atomic E-state index is 10.4. The van der Waals surface area contributed by atoms with Gasteiger partial charge in [0, 0.05) is 0 Å². The van der Waals surface area contributed by atoms with E-state index in [-0.39, 0.29) is 0 Å². The molecule has 0 fully saturated rings. The molecule has 0 aliphatic heterocycles. The lowest BCUT2D eigenvalue weighted by Gasteiger charge is -1.85. The van der Waals surface area contributed by atoms with Gasteiger partial charge in [-0.25, -0.2) is 4.79 Å². The Morgan fingerprint density at radius 3 is 2.18 bits per heavy atom. The van der Waals surface area contributed by atoms with Crippen molar-refractivity contribution < 1.29 is 19.8 Å². The molecule has 0 amide bonds. The normalized spacial score (nSPS) is 11.9. The summed E-state index contributed by atoms with van der Waals surface area (Å²) in [4.78, 5) is 20.3.